The Balaban J connectivity index is 1.84. The van der Waals surface area contributed by atoms with Gasteiger partial charge in [0.1, 0.15) is 0 Å². The lowest BCUT2D eigenvalue weighted by atomic mass is 9.99. The minimum Gasteiger partial charge on any atom is -0.450 e. The fourth-order valence-electron chi connectivity index (χ4n) is 3.52. The van der Waals surface area contributed by atoms with Crippen molar-refractivity contribution < 1.29 is 27.5 Å². The summed E-state index contributed by atoms with van der Waals surface area (Å²) in [4.78, 5) is 25.7. The van der Waals surface area contributed by atoms with Crippen molar-refractivity contribution in [1.82, 2.24) is 18.8 Å². The molecule has 0 saturated carbocycles. The van der Waals surface area contributed by atoms with Crippen molar-refractivity contribution in [2.45, 2.75) is 33.1 Å². The summed E-state index contributed by atoms with van der Waals surface area (Å²) in [5.74, 6) is -0.444. The van der Waals surface area contributed by atoms with Crippen molar-refractivity contribution in [2.24, 2.45) is 5.92 Å². The molecule has 2 aliphatic rings. The zero-order valence-corrected chi connectivity index (χ0v) is 18.3. The third kappa shape index (κ3) is 6.80. The lowest BCUT2D eigenvalue weighted by Crippen LogP contribution is -2.56. The Morgan fingerprint density at radius 3 is 2.41 bits per heavy atom. The van der Waals surface area contributed by atoms with Crippen molar-refractivity contribution in [2.75, 3.05) is 65.6 Å². The van der Waals surface area contributed by atoms with Crippen molar-refractivity contribution >= 4 is 22.2 Å². The SMILES string of the molecule is CCOCCCNC(=O)[C@@H]1CCCN(S(=O)(=O)N2CCN(C(=O)OCC)CC2)C1. The number of hydrogen-bond donors (Lipinski definition) is 1. The van der Waals surface area contributed by atoms with Gasteiger partial charge in [-0.15, -0.1) is 0 Å². The minimum atomic E-state index is -3.66. The molecule has 1 atom stereocenters. The average molecular weight is 435 g/mol. The van der Waals surface area contributed by atoms with E-state index in [0.717, 1.165) is 6.42 Å². The highest BCUT2D eigenvalue weighted by atomic mass is 32.2. The number of nitrogens with one attached hydrogen (secondary N) is 1. The van der Waals surface area contributed by atoms with Gasteiger partial charge in [0.25, 0.3) is 10.2 Å². The van der Waals surface area contributed by atoms with Crippen LogP contribution in [0.3, 0.4) is 0 Å². The van der Waals surface area contributed by atoms with E-state index in [-0.39, 0.29) is 31.5 Å². The van der Waals surface area contributed by atoms with Crippen LogP contribution < -0.4 is 5.32 Å². The molecule has 11 heteroatoms. The quantitative estimate of drug-likeness (QED) is 0.522. The van der Waals surface area contributed by atoms with E-state index in [2.05, 4.69) is 5.32 Å². The van der Waals surface area contributed by atoms with Gasteiger partial charge in [0, 0.05) is 59.0 Å². The molecular weight excluding hydrogens is 400 g/mol. The molecule has 29 heavy (non-hydrogen) atoms. The molecule has 2 aliphatic heterocycles. The van der Waals surface area contributed by atoms with E-state index >= 15 is 0 Å². The lowest BCUT2D eigenvalue weighted by molar-refractivity contribution is -0.126. The summed E-state index contributed by atoms with van der Waals surface area (Å²) >= 11 is 0. The molecular formula is C18H34N4O6S. The summed E-state index contributed by atoms with van der Waals surface area (Å²) in [6.07, 6.45) is 1.65. The molecule has 1 N–H and O–H groups in total. The normalized spacial score (nSPS) is 21.7. The first-order chi connectivity index (χ1) is 13.9. The maximum atomic E-state index is 13.0. The van der Waals surface area contributed by atoms with Gasteiger partial charge in [0.05, 0.1) is 12.5 Å². The number of rotatable bonds is 9. The van der Waals surface area contributed by atoms with E-state index in [0.29, 0.717) is 58.8 Å². The van der Waals surface area contributed by atoms with E-state index in [1.807, 2.05) is 6.92 Å². The Morgan fingerprint density at radius 1 is 1.03 bits per heavy atom. The van der Waals surface area contributed by atoms with Crippen LogP contribution in [0.15, 0.2) is 0 Å². The first-order valence-electron chi connectivity index (χ1n) is 10.4. The lowest BCUT2D eigenvalue weighted by Gasteiger charge is -2.38. The topological polar surface area (TPSA) is 108 Å². The second-order valence-electron chi connectivity index (χ2n) is 7.13. The molecule has 0 aromatic heterocycles. The van der Waals surface area contributed by atoms with Gasteiger partial charge in [-0.3, -0.25) is 4.79 Å². The molecule has 0 radical (unpaired) electrons. The number of hydrogen-bond acceptors (Lipinski definition) is 6. The highest BCUT2D eigenvalue weighted by Crippen LogP contribution is 2.22. The molecule has 168 valence electrons. The molecule has 2 saturated heterocycles. The number of piperazine rings is 1. The van der Waals surface area contributed by atoms with E-state index in [1.54, 1.807) is 6.92 Å². The summed E-state index contributed by atoms with van der Waals surface area (Å²) < 4.78 is 39.0. The van der Waals surface area contributed by atoms with Crippen LogP contribution in [0.1, 0.15) is 33.1 Å². The van der Waals surface area contributed by atoms with Crippen LogP contribution in [0.2, 0.25) is 0 Å². The van der Waals surface area contributed by atoms with Gasteiger partial charge in [-0.05, 0) is 33.1 Å². The summed E-state index contributed by atoms with van der Waals surface area (Å²) in [5.41, 5.74) is 0. The molecule has 10 nitrogen and oxygen atoms in total. The highest BCUT2D eigenvalue weighted by Gasteiger charge is 2.37. The van der Waals surface area contributed by atoms with Crippen LogP contribution in [0.5, 0.6) is 0 Å². The Labute approximate surface area is 173 Å². The molecule has 0 aromatic carbocycles. The number of carbonyl (C=O) groups is 2. The maximum absolute atomic E-state index is 13.0. The summed E-state index contributed by atoms with van der Waals surface area (Å²) in [7, 11) is -3.66. The highest BCUT2D eigenvalue weighted by molar-refractivity contribution is 7.86. The second kappa shape index (κ2) is 11.7. The van der Waals surface area contributed by atoms with E-state index < -0.39 is 16.3 Å². The van der Waals surface area contributed by atoms with Crippen molar-refractivity contribution in [3.05, 3.63) is 0 Å². The van der Waals surface area contributed by atoms with Crippen LogP contribution >= 0.6 is 0 Å². The van der Waals surface area contributed by atoms with Gasteiger partial charge in [-0.1, -0.05) is 0 Å². The summed E-state index contributed by atoms with van der Waals surface area (Å²) in [6.45, 7) is 7.39. The third-order valence-electron chi connectivity index (χ3n) is 5.14. The molecule has 0 bridgehead atoms. The van der Waals surface area contributed by atoms with Gasteiger partial charge in [0.15, 0.2) is 0 Å². The smallest absolute Gasteiger partial charge is 0.409 e. The fraction of sp³-hybridized carbons (Fsp3) is 0.889. The van der Waals surface area contributed by atoms with Crippen LogP contribution in [-0.2, 0) is 24.5 Å². The maximum Gasteiger partial charge on any atom is 0.409 e. The van der Waals surface area contributed by atoms with Crippen LogP contribution in [-0.4, -0.2) is 99.6 Å². The molecule has 2 fully saturated rings. The Kier molecular flexibility index (Phi) is 9.60. The zero-order valence-electron chi connectivity index (χ0n) is 17.5. The first kappa shape index (κ1) is 23.8. The summed E-state index contributed by atoms with van der Waals surface area (Å²) in [5, 5.41) is 2.88. The Bertz CT molecular complexity index is 636. The standard InChI is InChI=1S/C18H34N4O6S/c1-3-27-14-6-8-19-17(23)16-7-5-9-22(15-16)29(25,26)21-12-10-20(11-13-21)18(24)28-4-2/h16H,3-15H2,1-2H3,(H,19,23)/t16-/m1/s1. The monoisotopic (exact) mass is 434 g/mol. The van der Waals surface area contributed by atoms with E-state index in [1.165, 1.54) is 13.5 Å². The van der Waals surface area contributed by atoms with Gasteiger partial charge >= 0.3 is 6.09 Å². The van der Waals surface area contributed by atoms with Gasteiger partial charge in [-0.2, -0.15) is 17.0 Å². The predicted molar refractivity (Wildman–Crippen MR) is 108 cm³/mol. The van der Waals surface area contributed by atoms with Gasteiger partial charge in [0.2, 0.25) is 5.91 Å². The van der Waals surface area contributed by atoms with E-state index in [4.69, 9.17) is 9.47 Å². The summed E-state index contributed by atoms with van der Waals surface area (Å²) in [6, 6.07) is 0. The molecule has 2 rings (SSSR count). The molecule has 0 aromatic rings. The molecule has 0 unspecified atom stereocenters. The number of nitrogens with zero attached hydrogens (tertiary/aromatic N) is 3. The van der Waals surface area contributed by atoms with Gasteiger partial charge < -0.3 is 19.7 Å². The second-order valence-corrected chi connectivity index (χ2v) is 9.06. The van der Waals surface area contributed by atoms with Crippen molar-refractivity contribution in [3.8, 4) is 0 Å². The Morgan fingerprint density at radius 2 is 1.76 bits per heavy atom. The van der Waals surface area contributed by atoms with Crippen LogP contribution in [0, 0.1) is 5.92 Å². The first-order valence-corrected chi connectivity index (χ1v) is 11.8. The third-order valence-corrected chi connectivity index (χ3v) is 7.14. The fourth-order valence-corrected chi connectivity index (χ4v) is 5.20. The van der Waals surface area contributed by atoms with Crippen molar-refractivity contribution in [1.29, 1.82) is 0 Å². The predicted octanol–water partition coefficient (Wildman–Crippen LogP) is 0.260. The number of amides is 2. The molecule has 2 heterocycles. The molecule has 0 aliphatic carbocycles. The van der Waals surface area contributed by atoms with Crippen LogP contribution in [0.25, 0.3) is 0 Å². The largest absolute Gasteiger partial charge is 0.450 e. The number of ether oxygens (including phenoxy) is 2. The molecule has 2 amide bonds. The Hall–Kier alpha value is -1.43. The zero-order chi connectivity index (χ0) is 21.3. The van der Waals surface area contributed by atoms with Crippen LogP contribution in [0.4, 0.5) is 4.79 Å². The van der Waals surface area contributed by atoms with Gasteiger partial charge in [-0.25, -0.2) is 4.79 Å². The van der Waals surface area contributed by atoms with Crippen molar-refractivity contribution in [3.63, 3.8) is 0 Å². The average Bonchev–Trinajstić information content (AvgIpc) is 2.74. The van der Waals surface area contributed by atoms with E-state index in [9.17, 15) is 18.0 Å². The minimum absolute atomic E-state index is 0.103. The number of carbonyl (C=O) groups excluding carboxylic acids is 2. The molecule has 0 spiro atoms. The number of piperidine rings is 1.